The van der Waals surface area contributed by atoms with Crippen molar-refractivity contribution in [2.24, 2.45) is 0 Å². The number of aromatic nitrogens is 1. The van der Waals surface area contributed by atoms with Crippen LogP contribution in [-0.2, 0) is 4.79 Å². The molecule has 0 saturated carbocycles. The van der Waals surface area contributed by atoms with Crippen LogP contribution in [0.15, 0.2) is 40.4 Å². The third-order valence-electron chi connectivity index (χ3n) is 3.89. The molecule has 26 heavy (non-hydrogen) atoms. The van der Waals surface area contributed by atoms with Gasteiger partial charge in [0.2, 0.25) is 5.91 Å². The largest absolute Gasteiger partial charge is 0.331 e. The Morgan fingerprint density at radius 2 is 2.00 bits per heavy atom. The van der Waals surface area contributed by atoms with E-state index in [0.717, 1.165) is 27.4 Å². The van der Waals surface area contributed by atoms with Gasteiger partial charge in [0.05, 0.1) is 6.54 Å². The number of nitrogens with zero attached hydrogens (tertiary/aromatic N) is 2. The van der Waals surface area contributed by atoms with Crippen LogP contribution in [-0.4, -0.2) is 35.3 Å². The number of benzene rings is 1. The maximum atomic E-state index is 12.5. The van der Waals surface area contributed by atoms with Gasteiger partial charge in [-0.2, -0.15) is 11.3 Å². The summed E-state index contributed by atoms with van der Waals surface area (Å²) < 4.78 is 0. The lowest BCUT2D eigenvalue weighted by molar-refractivity contribution is -0.116. The van der Waals surface area contributed by atoms with Gasteiger partial charge >= 0.3 is 0 Å². The van der Waals surface area contributed by atoms with E-state index in [9.17, 15) is 9.59 Å². The van der Waals surface area contributed by atoms with Crippen LogP contribution >= 0.6 is 22.7 Å². The van der Waals surface area contributed by atoms with Crippen LogP contribution in [0.5, 0.6) is 0 Å². The third-order valence-corrected chi connectivity index (χ3v) is 5.46. The molecule has 5 nitrogen and oxygen atoms in total. The first-order chi connectivity index (χ1) is 12.4. The van der Waals surface area contributed by atoms with Gasteiger partial charge in [-0.15, -0.1) is 11.3 Å². The highest BCUT2D eigenvalue weighted by molar-refractivity contribution is 7.14. The Kier molecular flexibility index (Phi) is 5.49. The number of carbonyl (C=O) groups excluding carboxylic acids is 2. The lowest BCUT2D eigenvalue weighted by Crippen LogP contribution is -2.35. The molecule has 2 amide bonds. The quantitative estimate of drug-likeness (QED) is 0.716. The summed E-state index contributed by atoms with van der Waals surface area (Å²) in [4.78, 5) is 30.6. The molecular weight excluding hydrogens is 366 g/mol. The predicted molar refractivity (Wildman–Crippen MR) is 107 cm³/mol. The summed E-state index contributed by atoms with van der Waals surface area (Å²) in [6.45, 7) is 3.88. The fourth-order valence-corrected chi connectivity index (χ4v) is 3.94. The molecule has 3 rings (SSSR count). The summed E-state index contributed by atoms with van der Waals surface area (Å²) >= 11 is 3.01. The molecule has 1 N–H and O–H groups in total. The lowest BCUT2D eigenvalue weighted by atomic mass is 10.1. The van der Waals surface area contributed by atoms with E-state index in [4.69, 9.17) is 0 Å². The highest BCUT2D eigenvalue weighted by Gasteiger charge is 2.19. The van der Waals surface area contributed by atoms with Crippen molar-refractivity contribution in [3.8, 4) is 10.6 Å². The molecule has 0 spiro atoms. The van der Waals surface area contributed by atoms with E-state index in [1.807, 2.05) is 48.9 Å². The molecule has 2 aromatic heterocycles. The van der Waals surface area contributed by atoms with E-state index in [2.05, 4.69) is 10.3 Å². The van der Waals surface area contributed by atoms with Gasteiger partial charge in [0, 0.05) is 29.1 Å². The van der Waals surface area contributed by atoms with Gasteiger partial charge in [-0.25, -0.2) is 4.98 Å². The average Bonchev–Trinajstić information content (AvgIpc) is 3.28. The first-order valence-corrected chi connectivity index (χ1v) is 9.87. The molecule has 0 saturated heterocycles. The number of thiophene rings is 1. The topological polar surface area (TPSA) is 62.3 Å². The summed E-state index contributed by atoms with van der Waals surface area (Å²) in [5.41, 5.74) is 4.19. The molecule has 1 aromatic carbocycles. The molecule has 134 valence electrons. The van der Waals surface area contributed by atoms with Crippen molar-refractivity contribution in [2.45, 2.75) is 13.8 Å². The van der Waals surface area contributed by atoms with Crippen molar-refractivity contribution in [1.82, 2.24) is 9.88 Å². The SMILES string of the molecule is Cc1ccc(C)c(NC(=O)CN(C)C(=O)c2csc(-c3ccsc3)n2)c1. The van der Waals surface area contributed by atoms with Crippen LogP contribution in [0.1, 0.15) is 21.6 Å². The van der Waals surface area contributed by atoms with Crippen LogP contribution in [0.2, 0.25) is 0 Å². The van der Waals surface area contributed by atoms with Crippen molar-refractivity contribution >= 4 is 40.2 Å². The Morgan fingerprint density at radius 3 is 2.73 bits per heavy atom. The Morgan fingerprint density at radius 1 is 1.19 bits per heavy atom. The number of likely N-dealkylation sites (N-methyl/N-ethyl adjacent to an activating group) is 1. The number of hydrogen-bond acceptors (Lipinski definition) is 5. The second kappa shape index (κ2) is 7.80. The van der Waals surface area contributed by atoms with Crippen molar-refractivity contribution in [3.05, 3.63) is 57.2 Å². The summed E-state index contributed by atoms with van der Waals surface area (Å²) in [5.74, 6) is -0.498. The average molecular weight is 386 g/mol. The molecule has 0 aliphatic heterocycles. The molecule has 0 unspecified atom stereocenters. The number of thiazole rings is 1. The second-order valence-corrected chi connectivity index (χ2v) is 7.72. The summed E-state index contributed by atoms with van der Waals surface area (Å²) in [5, 5.41) is 9.37. The highest BCUT2D eigenvalue weighted by Crippen LogP contribution is 2.26. The monoisotopic (exact) mass is 385 g/mol. The van der Waals surface area contributed by atoms with Gasteiger partial charge < -0.3 is 10.2 Å². The Bertz CT molecular complexity index is 932. The predicted octanol–water partition coefficient (Wildman–Crippen LogP) is 4.20. The maximum Gasteiger partial charge on any atom is 0.273 e. The Labute approximate surface area is 160 Å². The molecule has 2 heterocycles. The van der Waals surface area contributed by atoms with Crippen LogP contribution < -0.4 is 5.32 Å². The smallest absolute Gasteiger partial charge is 0.273 e. The van der Waals surface area contributed by atoms with E-state index in [-0.39, 0.29) is 18.4 Å². The third kappa shape index (κ3) is 4.17. The second-order valence-electron chi connectivity index (χ2n) is 6.08. The molecule has 0 aliphatic rings. The van der Waals surface area contributed by atoms with Crippen molar-refractivity contribution in [2.75, 3.05) is 18.9 Å². The molecule has 3 aromatic rings. The number of anilines is 1. The minimum atomic E-state index is -0.265. The lowest BCUT2D eigenvalue weighted by Gasteiger charge is -2.16. The van der Waals surface area contributed by atoms with E-state index in [1.54, 1.807) is 23.8 Å². The number of aryl methyl sites for hydroxylation is 2. The summed E-state index contributed by atoms with van der Waals surface area (Å²) in [6.07, 6.45) is 0. The van der Waals surface area contributed by atoms with E-state index in [1.165, 1.54) is 16.2 Å². The van der Waals surface area contributed by atoms with Gasteiger partial charge in [-0.1, -0.05) is 12.1 Å². The van der Waals surface area contributed by atoms with Gasteiger partial charge in [-0.3, -0.25) is 9.59 Å². The molecule has 0 aliphatic carbocycles. The van der Waals surface area contributed by atoms with E-state index < -0.39 is 0 Å². The minimum absolute atomic E-state index is 0.0302. The number of hydrogen-bond donors (Lipinski definition) is 1. The Hall–Kier alpha value is -2.51. The minimum Gasteiger partial charge on any atom is -0.331 e. The van der Waals surface area contributed by atoms with E-state index >= 15 is 0 Å². The zero-order valence-electron chi connectivity index (χ0n) is 14.8. The molecular formula is C19H19N3O2S2. The number of nitrogens with one attached hydrogen (secondary N) is 1. The molecule has 0 bridgehead atoms. The standard InChI is InChI=1S/C19H19N3O2S2/c1-12-4-5-13(2)15(8-12)20-17(23)9-22(3)19(24)16-11-26-18(21-16)14-6-7-25-10-14/h4-8,10-11H,9H2,1-3H3,(H,20,23). The molecule has 0 fully saturated rings. The maximum absolute atomic E-state index is 12.5. The van der Waals surface area contributed by atoms with Gasteiger partial charge in [0.1, 0.15) is 10.7 Å². The summed E-state index contributed by atoms with van der Waals surface area (Å²) in [6, 6.07) is 7.84. The number of amides is 2. The van der Waals surface area contributed by atoms with Gasteiger partial charge in [-0.05, 0) is 42.5 Å². The first kappa shape index (κ1) is 18.3. The highest BCUT2D eigenvalue weighted by atomic mass is 32.1. The van der Waals surface area contributed by atoms with Gasteiger partial charge in [0.25, 0.3) is 5.91 Å². The molecule has 0 atom stereocenters. The van der Waals surface area contributed by atoms with Gasteiger partial charge in [0.15, 0.2) is 0 Å². The number of carbonyl (C=O) groups is 2. The first-order valence-electron chi connectivity index (χ1n) is 8.04. The zero-order valence-corrected chi connectivity index (χ0v) is 16.4. The fraction of sp³-hybridized carbons (Fsp3) is 0.211. The molecule has 7 heteroatoms. The van der Waals surface area contributed by atoms with Crippen molar-refractivity contribution < 1.29 is 9.59 Å². The van der Waals surface area contributed by atoms with Crippen LogP contribution in [0.4, 0.5) is 5.69 Å². The van der Waals surface area contributed by atoms with Crippen LogP contribution in [0, 0.1) is 13.8 Å². The van der Waals surface area contributed by atoms with Crippen molar-refractivity contribution in [1.29, 1.82) is 0 Å². The zero-order chi connectivity index (χ0) is 18.7. The van der Waals surface area contributed by atoms with Crippen LogP contribution in [0.25, 0.3) is 10.6 Å². The number of rotatable bonds is 5. The normalized spacial score (nSPS) is 10.6. The van der Waals surface area contributed by atoms with Crippen molar-refractivity contribution in [3.63, 3.8) is 0 Å². The van der Waals surface area contributed by atoms with E-state index in [0.29, 0.717) is 5.69 Å². The van der Waals surface area contributed by atoms with Crippen LogP contribution in [0.3, 0.4) is 0 Å². The molecule has 0 radical (unpaired) electrons. The fourth-order valence-electron chi connectivity index (χ4n) is 2.43. The summed E-state index contributed by atoms with van der Waals surface area (Å²) in [7, 11) is 1.61. The Balaban J connectivity index is 1.64.